The Morgan fingerprint density at radius 1 is 1.55 bits per heavy atom. The first-order valence-electron chi connectivity index (χ1n) is 6.22. The molecule has 1 aliphatic rings. The molecule has 0 saturated carbocycles. The van der Waals surface area contributed by atoms with Gasteiger partial charge in [0, 0.05) is 0 Å². The van der Waals surface area contributed by atoms with Gasteiger partial charge in [-0.15, -0.1) is 0 Å². The summed E-state index contributed by atoms with van der Waals surface area (Å²) < 4.78 is 20.6. The van der Waals surface area contributed by atoms with Gasteiger partial charge in [-0.25, -0.2) is 14.4 Å². The molecular formula is C11H11ClFN5O4. The number of fused-ring (bicyclic) bond motifs is 1. The summed E-state index contributed by atoms with van der Waals surface area (Å²) in [5.41, 5.74) is 5.05. The van der Waals surface area contributed by atoms with E-state index in [1.165, 1.54) is 10.9 Å². The zero-order valence-corrected chi connectivity index (χ0v) is 11.7. The Balaban J connectivity index is 2.11. The zero-order chi connectivity index (χ0) is 16.0. The van der Waals surface area contributed by atoms with Crippen molar-refractivity contribution in [1.82, 2.24) is 19.5 Å². The number of nitrogens with two attached hydrogens (primary N) is 1. The van der Waals surface area contributed by atoms with E-state index in [0.717, 1.165) is 0 Å². The van der Waals surface area contributed by atoms with Crippen molar-refractivity contribution in [2.45, 2.75) is 24.6 Å². The highest BCUT2D eigenvalue weighted by Gasteiger charge is 2.45. The zero-order valence-electron chi connectivity index (χ0n) is 10.9. The summed E-state index contributed by atoms with van der Waals surface area (Å²) in [5.74, 6) is -0.864. The molecule has 22 heavy (non-hydrogen) atoms. The van der Waals surface area contributed by atoms with E-state index >= 15 is 0 Å². The lowest BCUT2D eigenvalue weighted by Gasteiger charge is -2.15. The van der Waals surface area contributed by atoms with Crippen LogP contribution in [0.4, 0.5) is 4.39 Å². The maximum absolute atomic E-state index is 14.2. The molecule has 4 N–H and O–H groups in total. The quantitative estimate of drug-likeness (QED) is 0.624. The second kappa shape index (κ2) is 5.39. The van der Waals surface area contributed by atoms with Crippen LogP contribution >= 0.6 is 11.6 Å². The van der Waals surface area contributed by atoms with Crippen molar-refractivity contribution < 1.29 is 24.1 Å². The molecule has 0 spiro atoms. The van der Waals surface area contributed by atoms with Gasteiger partial charge in [-0.2, -0.15) is 4.98 Å². The van der Waals surface area contributed by atoms with Gasteiger partial charge < -0.3 is 20.7 Å². The monoisotopic (exact) mass is 331 g/mol. The van der Waals surface area contributed by atoms with Gasteiger partial charge in [0.25, 0.3) is 5.91 Å². The van der Waals surface area contributed by atoms with Crippen LogP contribution < -0.4 is 5.73 Å². The van der Waals surface area contributed by atoms with Crippen LogP contribution in [-0.4, -0.2) is 60.6 Å². The van der Waals surface area contributed by atoms with E-state index in [2.05, 4.69) is 15.0 Å². The van der Waals surface area contributed by atoms with Crippen molar-refractivity contribution in [3.8, 4) is 0 Å². The van der Waals surface area contributed by atoms with Gasteiger partial charge in [-0.3, -0.25) is 9.36 Å². The minimum Gasteiger partial charge on any atom is -0.394 e. The fourth-order valence-electron chi connectivity index (χ4n) is 2.33. The summed E-state index contributed by atoms with van der Waals surface area (Å²) in [7, 11) is 0. The second-order valence-corrected chi connectivity index (χ2v) is 5.05. The summed E-state index contributed by atoms with van der Waals surface area (Å²) in [6, 6.07) is 0. The lowest BCUT2D eigenvalue weighted by Crippen LogP contribution is -2.30. The molecule has 0 unspecified atom stereocenters. The van der Waals surface area contributed by atoms with E-state index < -0.39 is 37.1 Å². The SMILES string of the molecule is NC(=O)c1nc(Cl)nc2c1ncn2[C@@H]1O[C@H](CO)[C@@H](O)[C@H]1F. The van der Waals surface area contributed by atoms with Gasteiger partial charge in [0.05, 0.1) is 12.9 Å². The van der Waals surface area contributed by atoms with Crippen LogP contribution in [0.25, 0.3) is 11.2 Å². The number of ether oxygens (including phenoxy) is 1. The van der Waals surface area contributed by atoms with Crippen LogP contribution in [0.15, 0.2) is 6.33 Å². The number of aliphatic hydroxyl groups is 2. The third-order valence-electron chi connectivity index (χ3n) is 3.38. The maximum atomic E-state index is 14.2. The average Bonchev–Trinajstić information content (AvgIpc) is 3.00. The minimum absolute atomic E-state index is 0.0345. The molecule has 9 nitrogen and oxygen atoms in total. The van der Waals surface area contributed by atoms with Crippen LogP contribution in [0.1, 0.15) is 16.7 Å². The molecule has 0 bridgehead atoms. The summed E-state index contributed by atoms with van der Waals surface area (Å²) in [5, 5.41) is 18.5. The van der Waals surface area contributed by atoms with Crippen LogP contribution in [0.5, 0.6) is 0 Å². The van der Waals surface area contributed by atoms with E-state index in [-0.39, 0.29) is 22.1 Å². The van der Waals surface area contributed by atoms with E-state index in [1.54, 1.807) is 0 Å². The number of imidazole rings is 1. The smallest absolute Gasteiger partial charge is 0.269 e. The molecular weight excluding hydrogens is 321 g/mol. The third kappa shape index (κ3) is 2.20. The summed E-state index contributed by atoms with van der Waals surface area (Å²) in [6.07, 6.45) is -4.50. The van der Waals surface area contributed by atoms with Crippen LogP contribution in [0.3, 0.4) is 0 Å². The molecule has 11 heteroatoms. The number of primary amides is 1. The molecule has 3 rings (SSSR count). The van der Waals surface area contributed by atoms with Gasteiger partial charge in [0.1, 0.15) is 17.7 Å². The number of alkyl halides is 1. The number of hydrogen-bond acceptors (Lipinski definition) is 7. The number of nitrogens with zero attached hydrogens (tertiary/aromatic N) is 4. The molecule has 1 fully saturated rings. The van der Waals surface area contributed by atoms with Gasteiger partial charge in [0.15, 0.2) is 23.7 Å². The van der Waals surface area contributed by atoms with Crippen molar-refractivity contribution in [3.63, 3.8) is 0 Å². The number of aliphatic hydroxyl groups excluding tert-OH is 2. The van der Waals surface area contributed by atoms with Crippen molar-refractivity contribution in [2.24, 2.45) is 5.73 Å². The Labute approximate surface area is 127 Å². The van der Waals surface area contributed by atoms with Crippen LogP contribution in [0, 0.1) is 0 Å². The second-order valence-electron chi connectivity index (χ2n) is 4.71. The van der Waals surface area contributed by atoms with E-state index in [9.17, 15) is 14.3 Å². The predicted molar refractivity (Wildman–Crippen MR) is 70.7 cm³/mol. The third-order valence-corrected chi connectivity index (χ3v) is 3.54. The lowest BCUT2D eigenvalue weighted by molar-refractivity contribution is -0.0459. The summed E-state index contributed by atoms with van der Waals surface area (Å²) in [6.45, 7) is -0.549. The molecule has 0 aliphatic carbocycles. The van der Waals surface area contributed by atoms with Gasteiger partial charge in [-0.05, 0) is 11.6 Å². The highest BCUT2D eigenvalue weighted by molar-refractivity contribution is 6.28. The first kappa shape index (κ1) is 15.0. The lowest BCUT2D eigenvalue weighted by atomic mass is 10.1. The predicted octanol–water partition coefficient (Wildman–Crippen LogP) is -0.833. The fraction of sp³-hybridized carbons (Fsp3) is 0.455. The highest BCUT2D eigenvalue weighted by atomic mass is 35.5. The Bertz CT molecular complexity index is 741. The summed E-state index contributed by atoms with van der Waals surface area (Å²) in [4.78, 5) is 22.9. The molecule has 1 aliphatic heterocycles. The van der Waals surface area contributed by atoms with Crippen LogP contribution in [-0.2, 0) is 4.74 Å². The van der Waals surface area contributed by atoms with E-state index in [0.29, 0.717) is 0 Å². The average molecular weight is 332 g/mol. The van der Waals surface area contributed by atoms with E-state index in [4.69, 9.17) is 27.2 Å². The Kier molecular flexibility index (Phi) is 3.68. The molecule has 0 aromatic carbocycles. The highest BCUT2D eigenvalue weighted by Crippen LogP contribution is 2.33. The van der Waals surface area contributed by atoms with Crippen molar-refractivity contribution in [3.05, 3.63) is 17.3 Å². The number of amides is 1. The number of carbonyl (C=O) groups is 1. The first-order chi connectivity index (χ1) is 10.4. The van der Waals surface area contributed by atoms with E-state index in [1.807, 2.05) is 0 Å². The van der Waals surface area contributed by atoms with Crippen molar-refractivity contribution >= 4 is 28.7 Å². The number of halogens is 2. The molecule has 3 heterocycles. The Hall–Kier alpha value is -1.88. The normalized spacial score (nSPS) is 28.4. The molecule has 118 valence electrons. The Morgan fingerprint density at radius 2 is 2.27 bits per heavy atom. The minimum atomic E-state index is -1.82. The molecule has 1 saturated heterocycles. The molecule has 2 aromatic heterocycles. The topological polar surface area (TPSA) is 136 Å². The molecule has 2 aromatic rings. The molecule has 1 amide bonds. The molecule has 4 atom stereocenters. The summed E-state index contributed by atoms with van der Waals surface area (Å²) >= 11 is 5.73. The standard InChI is InChI=1S/C11H11ClFN5O4/c12-11-16-5(8(14)21)6-9(17-11)18(2-15-6)10-4(13)7(20)3(1-19)22-10/h2-4,7,10,19-20H,1H2,(H2,14,21)/t3-,4-,7-,10-/m1/s1. The number of hydrogen-bond donors (Lipinski definition) is 3. The van der Waals surface area contributed by atoms with Gasteiger partial charge >= 0.3 is 0 Å². The van der Waals surface area contributed by atoms with Crippen molar-refractivity contribution in [2.75, 3.05) is 6.61 Å². The van der Waals surface area contributed by atoms with Crippen LogP contribution in [0.2, 0.25) is 5.28 Å². The number of rotatable bonds is 3. The fourth-order valence-corrected chi connectivity index (χ4v) is 2.49. The first-order valence-corrected chi connectivity index (χ1v) is 6.60. The number of aromatic nitrogens is 4. The van der Waals surface area contributed by atoms with Gasteiger partial charge in [0.2, 0.25) is 5.28 Å². The molecule has 0 radical (unpaired) electrons. The maximum Gasteiger partial charge on any atom is 0.269 e. The number of carbonyl (C=O) groups excluding carboxylic acids is 1. The van der Waals surface area contributed by atoms with Gasteiger partial charge in [-0.1, -0.05) is 0 Å². The largest absolute Gasteiger partial charge is 0.394 e. The Morgan fingerprint density at radius 3 is 2.86 bits per heavy atom. The van der Waals surface area contributed by atoms with Crippen molar-refractivity contribution in [1.29, 1.82) is 0 Å².